The van der Waals surface area contributed by atoms with Crippen LogP contribution in [-0.4, -0.2) is 4.98 Å². The van der Waals surface area contributed by atoms with Gasteiger partial charge in [0, 0.05) is 22.2 Å². The first-order valence-electron chi connectivity index (χ1n) is 12.5. The van der Waals surface area contributed by atoms with E-state index in [-0.39, 0.29) is 0 Å². The van der Waals surface area contributed by atoms with Gasteiger partial charge in [-0.1, -0.05) is 133 Å². The van der Waals surface area contributed by atoms with Crippen LogP contribution in [-0.2, 0) is 6.42 Å². The molecule has 0 atom stereocenters. The van der Waals surface area contributed by atoms with Gasteiger partial charge in [-0.2, -0.15) is 0 Å². The van der Waals surface area contributed by atoms with Gasteiger partial charge < -0.3 is 4.98 Å². The quantitative estimate of drug-likeness (QED) is 0.243. The predicted molar refractivity (Wildman–Crippen MR) is 133 cm³/mol. The first-order valence-corrected chi connectivity index (χ1v) is 12.5. The molecular weight excluding hydrogens is 362 g/mol. The van der Waals surface area contributed by atoms with Gasteiger partial charge in [0.1, 0.15) is 0 Å². The molecule has 0 aliphatic heterocycles. The highest BCUT2D eigenvalue weighted by atomic mass is 14.7. The Labute approximate surface area is 184 Å². The monoisotopic (exact) mass is 403 g/mol. The topological polar surface area (TPSA) is 15.8 Å². The van der Waals surface area contributed by atoms with Crippen molar-refractivity contribution in [2.24, 2.45) is 0 Å². The van der Waals surface area contributed by atoms with Crippen molar-refractivity contribution in [3.63, 3.8) is 0 Å². The number of H-pyrrole nitrogens is 1. The van der Waals surface area contributed by atoms with Crippen molar-refractivity contribution in [1.82, 2.24) is 4.98 Å². The lowest BCUT2D eigenvalue weighted by Crippen LogP contribution is -1.90. The van der Waals surface area contributed by atoms with Gasteiger partial charge in [-0.25, -0.2) is 0 Å². The van der Waals surface area contributed by atoms with Gasteiger partial charge in [-0.05, 0) is 24.5 Å². The summed E-state index contributed by atoms with van der Waals surface area (Å²) in [5.41, 5.74) is 5.41. The Morgan fingerprint density at radius 2 is 1.10 bits per heavy atom. The molecule has 1 N–H and O–H groups in total. The molecule has 0 bridgehead atoms. The number of rotatable bonds is 15. The largest absolute Gasteiger partial charge is 0.358 e. The minimum atomic E-state index is 1.15. The maximum Gasteiger partial charge on any atom is 0.0462 e. The van der Waals surface area contributed by atoms with Crippen LogP contribution >= 0.6 is 0 Å². The number of para-hydroxylation sites is 1. The molecule has 1 heterocycles. The van der Waals surface area contributed by atoms with E-state index in [0.717, 1.165) is 6.42 Å². The van der Waals surface area contributed by atoms with Crippen molar-refractivity contribution in [2.75, 3.05) is 0 Å². The number of unbranched alkanes of at least 4 members (excludes halogenated alkanes) is 12. The number of nitrogens with one attached hydrogen (secondary N) is 1. The summed E-state index contributed by atoms with van der Waals surface area (Å²) in [6.45, 7) is 2.29. The van der Waals surface area contributed by atoms with E-state index in [1.54, 1.807) is 0 Å². The number of aromatic amines is 1. The number of aryl methyl sites for hydroxylation is 1. The van der Waals surface area contributed by atoms with Gasteiger partial charge in [0.05, 0.1) is 0 Å². The van der Waals surface area contributed by atoms with Crippen molar-refractivity contribution < 1.29 is 0 Å². The van der Waals surface area contributed by atoms with Crippen molar-refractivity contribution in [1.29, 1.82) is 0 Å². The predicted octanol–water partition coefficient (Wildman–Crippen LogP) is 9.47. The molecule has 1 nitrogen and oxygen atoms in total. The Balaban J connectivity index is 1.36. The minimum Gasteiger partial charge on any atom is -0.358 e. The number of fused-ring (bicyclic) bond motifs is 1. The second-order valence-electron chi connectivity index (χ2n) is 8.88. The standard InChI is InChI=1S/C29H41N/c1-2-3-4-5-6-7-8-9-10-11-12-13-17-24-28-29(25-20-15-14-16-21-25)26-22-18-19-23-27(26)30-28/h14-16,18-23,30H,2-13,17,24H2,1H3. The number of hydrogen-bond acceptors (Lipinski definition) is 0. The number of benzene rings is 2. The van der Waals surface area contributed by atoms with Crippen molar-refractivity contribution in [2.45, 2.75) is 96.8 Å². The minimum absolute atomic E-state index is 1.15. The number of aromatic nitrogens is 1. The first-order chi connectivity index (χ1) is 14.9. The Morgan fingerprint density at radius 3 is 1.73 bits per heavy atom. The van der Waals surface area contributed by atoms with Gasteiger partial charge in [0.15, 0.2) is 0 Å². The molecule has 0 aliphatic rings. The van der Waals surface area contributed by atoms with E-state index in [9.17, 15) is 0 Å². The lowest BCUT2D eigenvalue weighted by molar-refractivity contribution is 0.539. The van der Waals surface area contributed by atoms with Crippen LogP contribution in [0.5, 0.6) is 0 Å². The third kappa shape index (κ3) is 7.04. The van der Waals surface area contributed by atoms with E-state index in [2.05, 4.69) is 66.5 Å². The van der Waals surface area contributed by atoms with Gasteiger partial charge in [0.25, 0.3) is 0 Å². The van der Waals surface area contributed by atoms with E-state index in [1.807, 2.05) is 0 Å². The van der Waals surface area contributed by atoms with Crippen LogP contribution in [0, 0.1) is 0 Å². The van der Waals surface area contributed by atoms with E-state index >= 15 is 0 Å². The SMILES string of the molecule is CCCCCCCCCCCCCCCc1[nH]c2ccccc2c1-c1ccccc1. The Bertz CT molecular complexity index is 830. The van der Waals surface area contributed by atoms with E-state index in [4.69, 9.17) is 0 Å². The normalized spacial score (nSPS) is 11.4. The second-order valence-corrected chi connectivity index (χ2v) is 8.88. The fourth-order valence-corrected chi connectivity index (χ4v) is 4.64. The van der Waals surface area contributed by atoms with Gasteiger partial charge in [-0.15, -0.1) is 0 Å². The molecule has 1 aromatic heterocycles. The summed E-state index contributed by atoms with van der Waals surface area (Å²) >= 11 is 0. The Kier molecular flexibility index (Phi) is 10.1. The molecule has 3 rings (SSSR count). The smallest absolute Gasteiger partial charge is 0.0462 e. The fraction of sp³-hybridized carbons (Fsp3) is 0.517. The Hall–Kier alpha value is -2.02. The average molecular weight is 404 g/mol. The lowest BCUT2D eigenvalue weighted by Gasteiger charge is -2.06. The van der Waals surface area contributed by atoms with Crippen LogP contribution in [0.4, 0.5) is 0 Å². The molecule has 0 amide bonds. The van der Waals surface area contributed by atoms with Crippen LogP contribution in [0.2, 0.25) is 0 Å². The highest BCUT2D eigenvalue weighted by molar-refractivity contribution is 5.97. The summed E-state index contributed by atoms with van der Waals surface area (Å²) in [5.74, 6) is 0. The van der Waals surface area contributed by atoms with Gasteiger partial charge in [0.2, 0.25) is 0 Å². The second kappa shape index (κ2) is 13.3. The maximum absolute atomic E-state index is 3.71. The summed E-state index contributed by atoms with van der Waals surface area (Å²) in [6, 6.07) is 19.6. The van der Waals surface area contributed by atoms with Crippen LogP contribution in [0.15, 0.2) is 54.6 Å². The zero-order chi connectivity index (χ0) is 20.9. The van der Waals surface area contributed by atoms with Crippen molar-refractivity contribution >= 4 is 10.9 Å². The van der Waals surface area contributed by atoms with Crippen LogP contribution in [0.25, 0.3) is 22.0 Å². The molecule has 30 heavy (non-hydrogen) atoms. The summed E-state index contributed by atoms with van der Waals surface area (Å²) in [6.07, 6.45) is 19.5. The van der Waals surface area contributed by atoms with E-state index < -0.39 is 0 Å². The molecule has 0 saturated heterocycles. The van der Waals surface area contributed by atoms with Crippen molar-refractivity contribution in [3.8, 4) is 11.1 Å². The Morgan fingerprint density at radius 1 is 0.567 bits per heavy atom. The molecule has 2 aromatic carbocycles. The summed E-state index contributed by atoms with van der Waals surface area (Å²) in [7, 11) is 0. The number of hydrogen-bond donors (Lipinski definition) is 1. The van der Waals surface area contributed by atoms with Crippen LogP contribution in [0.3, 0.4) is 0 Å². The third-order valence-corrected chi connectivity index (χ3v) is 6.38. The van der Waals surface area contributed by atoms with Crippen molar-refractivity contribution in [3.05, 3.63) is 60.3 Å². The molecule has 0 spiro atoms. The van der Waals surface area contributed by atoms with E-state index in [1.165, 1.54) is 111 Å². The molecule has 0 saturated carbocycles. The van der Waals surface area contributed by atoms with Gasteiger partial charge in [-0.3, -0.25) is 0 Å². The highest BCUT2D eigenvalue weighted by Crippen LogP contribution is 2.33. The molecule has 0 fully saturated rings. The lowest BCUT2D eigenvalue weighted by atomic mass is 9.99. The van der Waals surface area contributed by atoms with Crippen LogP contribution < -0.4 is 0 Å². The molecule has 0 aliphatic carbocycles. The van der Waals surface area contributed by atoms with E-state index in [0.29, 0.717) is 0 Å². The maximum atomic E-state index is 3.71. The summed E-state index contributed by atoms with van der Waals surface area (Å²) in [5, 5.41) is 1.35. The summed E-state index contributed by atoms with van der Waals surface area (Å²) in [4.78, 5) is 3.71. The van der Waals surface area contributed by atoms with Gasteiger partial charge >= 0.3 is 0 Å². The third-order valence-electron chi connectivity index (χ3n) is 6.38. The first kappa shape index (κ1) is 22.7. The molecule has 162 valence electrons. The fourth-order valence-electron chi connectivity index (χ4n) is 4.64. The average Bonchev–Trinajstić information content (AvgIpc) is 3.16. The molecule has 0 unspecified atom stereocenters. The molecule has 1 heteroatoms. The molecule has 0 radical (unpaired) electrons. The molecular formula is C29H41N. The molecule has 3 aromatic rings. The van der Waals surface area contributed by atoms with Crippen LogP contribution in [0.1, 0.15) is 96.1 Å². The zero-order valence-electron chi connectivity index (χ0n) is 19.1. The zero-order valence-corrected chi connectivity index (χ0v) is 19.1. The highest BCUT2D eigenvalue weighted by Gasteiger charge is 2.12. The summed E-state index contributed by atoms with van der Waals surface area (Å²) < 4.78 is 0.